The standard InChI is InChI=1S/C14H26N6O/c1-4-7-14(2,21)10-16-12-17-11(15-3)18-13(19-12)20-8-5-6-9-20/h21H,4-10H2,1-3H3,(H2,15,16,17,18,19). The van der Waals surface area contributed by atoms with Crippen LogP contribution < -0.4 is 15.5 Å². The van der Waals surface area contributed by atoms with E-state index >= 15 is 0 Å². The molecule has 1 aliphatic rings. The topological polar surface area (TPSA) is 86.2 Å². The van der Waals surface area contributed by atoms with Crippen molar-refractivity contribution in [2.45, 2.75) is 45.1 Å². The molecule has 0 aliphatic carbocycles. The number of hydrogen-bond acceptors (Lipinski definition) is 7. The summed E-state index contributed by atoms with van der Waals surface area (Å²) in [5, 5.41) is 16.3. The van der Waals surface area contributed by atoms with E-state index in [9.17, 15) is 5.11 Å². The normalized spacial score (nSPS) is 17.6. The zero-order valence-corrected chi connectivity index (χ0v) is 13.2. The van der Waals surface area contributed by atoms with E-state index in [1.807, 2.05) is 6.92 Å². The highest BCUT2D eigenvalue weighted by Gasteiger charge is 2.21. The molecule has 7 heteroatoms. The van der Waals surface area contributed by atoms with Crippen molar-refractivity contribution in [1.29, 1.82) is 0 Å². The molecule has 0 amide bonds. The van der Waals surface area contributed by atoms with E-state index in [-0.39, 0.29) is 0 Å². The van der Waals surface area contributed by atoms with E-state index in [4.69, 9.17) is 0 Å². The second-order valence-corrected chi connectivity index (χ2v) is 5.83. The molecule has 21 heavy (non-hydrogen) atoms. The van der Waals surface area contributed by atoms with Gasteiger partial charge in [0.25, 0.3) is 0 Å². The molecule has 1 atom stereocenters. The van der Waals surface area contributed by atoms with E-state index in [1.165, 1.54) is 12.8 Å². The highest BCUT2D eigenvalue weighted by molar-refractivity contribution is 5.44. The molecule has 0 bridgehead atoms. The number of nitrogens with one attached hydrogen (secondary N) is 2. The minimum absolute atomic E-state index is 0.424. The number of aromatic nitrogens is 3. The fourth-order valence-corrected chi connectivity index (χ4v) is 2.51. The van der Waals surface area contributed by atoms with Crippen molar-refractivity contribution in [3.05, 3.63) is 0 Å². The van der Waals surface area contributed by atoms with Crippen molar-refractivity contribution in [2.75, 3.05) is 42.2 Å². The van der Waals surface area contributed by atoms with Crippen molar-refractivity contribution in [3.63, 3.8) is 0 Å². The highest BCUT2D eigenvalue weighted by Crippen LogP contribution is 2.19. The Bertz CT molecular complexity index is 459. The van der Waals surface area contributed by atoms with Crippen molar-refractivity contribution < 1.29 is 5.11 Å². The third-order valence-electron chi connectivity index (χ3n) is 3.65. The van der Waals surface area contributed by atoms with Crippen molar-refractivity contribution in [1.82, 2.24) is 15.0 Å². The zero-order valence-electron chi connectivity index (χ0n) is 13.2. The molecule has 0 radical (unpaired) electrons. The molecule has 1 unspecified atom stereocenters. The lowest BCUT2D eigenvalue weighted by Gasteiger charge is -2.23. The van der Waals surface area contributed by atoms with Gasteiger partial charge < -0.3 is 20.6 Å². The summed E-state index contributed by atoms with van der Waals surface area (Å²) in [4.78, 5) is 15.3. The maximum atomic E-state index is 10.2. The summed E-state index contributed by atoms with van der Waals surface area (Å²) < 4.78 is 0. The van der Waals surface area contributed by atoms with Crippen LogP contribution in [0.1, 0.15) is 39.5 Å². The summed E-state index contributed by atoms with van der Waals surface area (Å²) >= 11 is 0. The van der Waals surface area contributed by atoms with Crippen molar-refractivity contribution in [2.24, 2.45) is 0 Å². The second kappa shape index (κ2) is 6.89. The third-order valence-corrected chi connectivity index (χ3v) is 3.65. The van der Waals surface area contributed by atoms with E-state index in [0.717, 1.165) is 25.9 Å². The molecule has 0 aromatic carbocycles. The summed E-state index contributed by atoms with van der Waals surface area (Å²) in [5.74, 6) is 1.75. The Labute approximate surface area is 126 Å². The Balaban J connectivity index is 2.09. The lowest BCUT2D eigenvalue weighted by atomic mass is 10.0. The quantitative estimate of drug-likeness (QED) is 0.702. The van der Waals surface area contributed by atoms with Crippen LogP contribution in [-0.2, 0) is 0 Å². The predicted octanol–water partition coefficient (Wildman–Crippen LogP) is 1.48. The van der Waals surface area contributed by atoms with E-state index < -0.39 is 5.60 Å². The summed E-state index contributed by atoms with van der Waals surface area (Å²) in [5.41, 5.74) is -0.755. The Hall–Kier alpha value is -1.63. The van der Waals surface area contributed by atoms with Gasteiger partial charge in [0.2, 0.25) is 17.8 Å². The highest BCUT2D eigenvalue weighted by atomic mass is 16.3. The molecule has 0 spiro atoms. The van der Waals surface area contributed by atoms with Crippen LogP contribution in [0, 0.1) is 0 Å². The molecule has 7 nitrogen and oxygen atoms in total. The minimum Gasteiger partial charge on any atom is -0.388 e. The van der Waals surface area contributed by atoms with Gasteiger partial charge in [0.15, 0.2) is 0 Å². The van der Waals surface area contributed by atoms with Crippen LogP contribution in [0.4, 0.5) is 17.8 Å². The zero-order chi connectivity index (χ0) is 15.3. The second-order valence-electron chi connectivity index (χ2n) is 5.83. The van der Waals surface area contributed by atoms with Gasteiger partial charge in [0.05, 0.1) is 5.60 Å². The first kappa shape index (κ1) is 15.8. The Morgan fingerprint density at radius 1 is 1.19 bits per heavy atom. The first-order chi connectivity index (χ1) is 10.0. The Morgan fingerprint density at radius 3 is 2.48 bits per heavy atom. The van der Waals surface area contributed by atoms with Gasteiger partial charge in [-0.2, -0.15) is 15.0 Å². The molecule has 2 rings (SSSR count). The van der Waals surface area contributed by atoms with Gasteiger partial charge in [-0.3, -0.25) is 0 Å². The molecule has 1 aromatic heterocycles. The van der Waals surface area contributed by atoms with E-state index in [2.05, 4.69) is 37.4 Å². The summed E-state index contributed by atoms with van der Waals surface area (Å²) in [7, 11) is 1.79. The predicted molar refractivity (Wildman–Crippen MR) is 84.8 cm³/mol. The van der Waals surface area contributed by atoms with E-state index in [0.29, 0.717) is 24.4 Å². The molecule has 118 valence electrons. The van der Waals surface area contributed by atoms with Crippen LogP contribution in [0.2, 0.25) is 0 Å². The summed E-state index contributed by atoms with van der Waals surface area (Å²) in [6, 6.07) is 0. The minimum atomic E-state index is -0.755. The van der Waals surface area contributed by atoms with Gasteiger partial charge in [-0.25, -0.2) is 0 Å². The van der Waals surface area contributed by atoms with Gasteiger partial charge in [-0.05, 0) is 26.2 Å². The molecule has 1 saturated heterocycles. The smallest absolute Gasteiger partial charge is 0.231 e. The fourth-order valence-electron chi connectivity index (χ4n) is 2.51. The lowest BCUT2D eigenvalue weighted by Crippen LogP contribution is -2.34. The average molecular weight is 294 g/mol. The van der Waals surface area contributed by atoms with Crippen LogP contribution >= 0.6 is 0 Å². The molecular formula is C14H26N6O. The van der Waals surface area contributed by atoms with Crippen molar-refractivity contribution >= 4 is 17.8 Å². The molecule has 2 heterocycles. The first-order valence-electron chi connectivity index (χ1n) is 7.69. The number of anilines is 3. The number of nitrogens with zero attached hydrogens (tertiary/aromatic N) is 4. The van der Waals surface area contributed by atoms with E-state index in [1.54, 1.807) is 7.05 Å². The van der Waals surface area contributed by atoms with Crippen LogP contribution in [-0.4, -0.2) is 52.3 Å². The number of hydrogen-bond donors (Lipinski definition) is 3. The lowest BCUT2D eigenvalue weighted by molar-refractivity contribution is 0.0635. The van der Waals surface area contributed by atoms with Gasteiger partial charge in [0.1, 0.15) is 0 Å². The number of rotatable bonds is 7. The largest absolute Gasteiger partial charge is 0.388 e. The monoisotopic (exact) mass is 294 g/mol. The van der Waals surface area contributed by atoms with Crippen LogP contribution in [0.15, 0.2) is 0 Å². The molecule has 1 aliphatic heterocycles. The Morgan fingerprint density at radius 2 is 1.86 bits per heavy atom. The molecule has 3 N–H and O–H groups in total. The maximum Gasteiger partial charge on any atom is 0.231 e. The number of aliphatic hydroxyl groups is 1. The summed E-state index contributed by atoms with van der Waals surface area (Å²) in [6.45, 7) is 6.28. The molecular weight excluding hydrogens is 268 g/mol. The third kappa shape index (κ3) is 4.42. The van der Waals surface area contributed by atoms with Gasteiger partial charge in [0, 0.05) is 26.7 Å². The molecule has 1 aromatic rings. The van der Waals surface area contributed by atoms with Crippen molar-refractivity contribution in [3.8, 4) is 0 Å². The maximum absolute atomic E-state index is 10.2. The average Bonchev–Trinajstić information content (AvgIpc) is 2.99. The fraction of sp³-hybridized carbons (Fsp3) is 0.786. The van der Waals surface area contributed by atoms with Crippen LogP contribution in [0.25, 0.3) is 0 Å². The first-order valence-corrected chi connectivity index (χ1v) is 7.69. The van der Waals surface area contributed by atoms with Gasteiger partial charge >= 0.3 is 0 Å². The van der Waals surface area contributed by atoms with Crippen LogP contribution in [0.3, 0.4) is 0 Å². The Kier molecular flexibility index (Phi) is 5.17. The summed E-state index contributed by atoms with van der Waals surface area (Å²) in [6.07, 6.45) is 4.03. The molecule has 1 fully saturated rings. The van der Waals surface area contributed by atoms with Crippen LogP contribution in [0.5, 0.6) is 0 Å². The van der Waals surface area contributed by atoms with Gasteiger partial charge in [-0.15, -0.1) is 0 Å². The van der Waals surface area contributed by atoms with Gasteiger partial charge in [-0.1, -0.05) is 13.3 Å². The molecule has 0 saturated carbocycles. The SMILES string of the molecule is CCCC(C)(O)CNc1nc(NC)nc(N2CCCC2)n1.